The lowest BCUT2D eigenvalue weighted by atomic mass is 10.1. The Morgan fingerprint density at radius 1 is 1.50 bits per heavy atom. The van der Waals surface area contributed by atoms with E-state index in [2.05, 4.69) is 12.2 Å². The van der Waals surface area contributed by atoms with Crippen LogP contribution in [0.3, 0.4) is 0 Å². The molecule has 1 fully saturated rings. The van der Waals surface area contributed by atoms with Crippen molar-refractivity contribution in [2.75, 3.05) is 25.2 Å². The number of sulfone groups is 1. The Kier molecular flexibility index (Phi) is 5.72. The number of hydrogen-bond donors (Lipinski definition) is 1. The highest BCUT2D eigenvalue weighted by atomic mass is 32.2. The normalized spacial score (nSPS) is 25.8. The van der Waals surface area contributed by atoms with E-state index < -0.39 is 9.84 Å². The van der Waals surface area contributed by atoms with E-state index in [1.54, 1.807) is 7.11 Å². The smallest absolute Gasteiger partial charge is 0.151 e. The number of rotatable bonds is 7. The molecule has 1 N–H and O–H groups in total. The summed E-state index contributed by atoms with van der Waals surface area (Å²) in [6, 6.07) is 0.422. The van der Waals surface area contributed by atoms with Crippen molar-refractivity contribution in [3.05, 3.63) is 0 Å². The zero-order chi connectivity index (χ0) is 12.0. The number of hydrogen-bond acceptors (Lipinski definition) is 4. The van der Waals surface area contributed by atoms with Crippen molar-refractivity contribution in [2.24, 2.45) is 0 Å². The molecule has 1 heterocycles. The standard InChI is InChI=1S/C11H23NO3S/c1-3-4-5-10(8-15-2)12-11-6-7-16(13,14)9-11/h10-12H,3-9H2,1-2H3/t10-,11-/m0/s1. The van der Waals surface area contributed by atoms with Crippen LogP contribution in [0.15, 0.2) is 0 Å². The molecule has 4 nitrogen and oxygen atoms in total. The van der Waals surface area contributed by atoms with Gasteiger partial charge in [-0.15, -0.1) is 0 Å². The van der Waals surface area contributed by atoms with Gasteiger partial charge in [-0.1, -0.05) is 19.8 Å². The molecule has 0 aliphatic carbocycles. The van der Waals surface area contributed by atoms with Crippen molar-refractivity contribution < 1.29 is 13.2 Å². The second kappa shape index (κ2) is 6.57. The molecule has 0 amide bonds. The van der Waals surface area contributed by atoms with E-state index in [0.717, 1.165) is 25.7 Å². The van der Waals surface area contributed by atoms with Gasteiger partial charge in [-0.3, -0.25) is 0 Å². The fraction of sp³-hybridized carbons (Fsp3) is 1.00. The largest absolute Gasteiger partial charge is 0.383 e. The van der Waals surface area contributed by atoms with Crippen LogP contribution in [0.2, 0.25) is 0 Å². The van der Waals surface area contributed by atoms with Crippen molar-refractivity contribution in [3.63, 3.8) is 0 Å². The van der Waals surface area contributed by atoms with Gasteiger partial charge in [-0.2, -0.15) is 0 Å². The predicted molar refractivity (Wildman–Crippen MR) is 65.4 cm³/mol. The first-order valence-corrected chi connectivity index (χ1v) is 7.85. The van der Waals surface area contributed by atoms with Crippen molar-refractivity contribution in [1.29, 1.82) is 0 Å². The fourth-order valence-corrected chi connectivity index (χ4v) is 3.81. The molecule has 1 aliphatic rings. The van der Waals surface area contributed by atoms with Crippen LogP contribution in [-0.2, 0) is 14.6 Å². The van der Waals surface area contributed by atoms with E-state index in [1.165, 1.54) is 0 Å². The molecular formula is C11H23NO3S. The van der Waals surface area contributed by atoms with Gasteiger partial charge in [0.1, 0.15) is 0 Å². The molecule has 0 radical (unpaired) electrons. The second-order valence-corrected chi connectivity index (χ2v) is 6.79. The molecule has 0 spiro atoms. The van der Waals surface area contributed by atoms with Crippen LogP contribution in [-0.4, -0.2) is 45.7 Å². The Morgan fingerprint density at radius 3 is 2.75 bits per heavy atom. The molecule has 0 bridgehead atoms. The van der Waals surface area contributed by atoms with E-state index >= 15 is 0 Å². The fourth-order valence-electron chi connectivity index (χ4n) is 2.13. The molecule has 1 saturated heterocycles. The molecule has 16 heavy (non-hydrogen) atoms. The Labute approximate surface area is 98.7 Å². The van der Waals surface area contributed by atoms with Gasteiger partial charge >= 0.3 is 0 Å². The van der Waals surface area contributed by atoms with Gasteiger partial charge in [-0.25, -0.2) is 8.42 Å². The molecule has 96 valence electrons. The predicted octanol–water partition coefficient (Wildman–Crippen LogP) is 0.968. The number of methoxy groups -OCH3 is 1. The minimum atomic E-state index is -2.78. The third kappa shape index (κ3) is 4.80. The first kappa shape index (κ1) is 13.9. The summed E-state index contributed by atoms with van der Waals surface area (Å²) in [6.45, 7) is 2.82. The lowest BCUT2D eigenvalue weighted by molar-refractivity contribution is 0.156. The summed E-state index contributed by atoms with van der Waals surface area (Å²) in [5.74, 6) is 0.623. The van der Waals surface area contributed by atoms with Crippen molar-refractivity contribution in [2.45, 2.75) is 44.7 Å². The summed E-state index contributed by atoms with van der Waals surface area (Å²) in [5, 5.41) is 3.40. The third-order valence-corrected chi connectivity index (χ3v) is 4.75. The summed E-state index contributed by atoms with van der Waals surface area (Å²) in [6.07, 6.45) is 4.11. The van der Waals surface area contributed by atoms with Gasteiger partial charge in [0.05, 0.1) is 18.1 Å². The van der Waals surface area contributed by atoms with Crippen LogP contribution in [0.1, 0.15) is 32.6 Å². The molecule has 5 heteroatoms. The van der Waals surface area contributed by atoms with Crippen LogP contribution < -0.4 is 5.32 Å². The summed E-state index contributed by atoms with van der Waals surface area (Å²) >= 11 is 0. The minimum Gasteiger partial charge on any atom is -0.383 e. The molecular weight excluding hydrogens is 226 g/mol. The molecule has 0 aromatic heterocycles. The van der Waals surface area contributed by atoms with Crippen LogP contribution in [0, 0.1) is 0 Å². The van der Waals surface area contributed by atoms with Crippen molar-refractivity contribution >= 4 is 9.84 Å². The van der Waals surface area contributed by atoms with E-state index in [9.17, 15) is 8.42 Å². The van der Waals surface area contributed by atoms with Crippen molar-refractivity contribution in [3.8, 4) is 0 Å². The Hall–Kier alpha value is -0.130. The molecule has 0 aromatic rings. The van der Waals surface area contributed by atoms with Gasteiger partial charge in [0.2, 0.25) is 0 Å². The van der Waals surface area contributed by atoms with E-state index in [-0.39, 0.29) is 6.04 Å². The van der Waals surface area contributed by atoms with Gasteiger partial charge in [0.15, 0.2) is 9.84 Å². The highest BCUT2D eigenvalue weighted by Gasteiger charge is 2.29. The Bertz CT molecular complexity index is 290. The highest BCUT2D eigenvalue weighted by Crippen LogP contribution is 2.13. The molecule has 1 aliphatic heterocycles. The zero-order valence-electron chi connectivity index (χ0n) is 10.2. The average molecular weight is 249 g/mol. The first-order chi connectivity index (χ1) is 7.57. The summed E-state index contributed by atoms with van der Waals surface area (Å²) < 4.78 is 27.8. The van der Waals surface area contributed by atoms with Crippen LogP contribution in [0.4, 0.5) is 0 Å². The quantitative estimate of drug-likeness (QED) is 0.730. The lowest BCUT2D eigenvalue weighted by Crippen LogP contribution is -2.41. The number of ether oxygens (including phenoxy) is 1. The van der Waals surface area contributed by atoms with Gasteiger partial charge < -0.3 is 10.1 Å². The number of unbranched alkanes of at least 4 members (excludes halogenated alkanes) is 1. The van der Waals surface area contributed by atoms with Crippen LogP contribution in [0.25, 0.3) is 0 Å². The molecule has 1 rings (SSSR count). The summed E-state index contributed by atoms with van der Waals surface area (Å²) in [7, 11) is -1.09. The molecule has 2 atom stereocenters. The number of nitrogens with one attached hydrogen (secondary N) is 1. The minimum absolute atomic E-state index is 0.127. The third-order valence-electron chi connectivity index (χ3n) is 2.98. The van der Waals surface area contributed by atoms with Gasteiger partial charge in [-0.05, 0) is 12.8 Å². The maximum atomic E-state index is 11.3. The molecule has 0 aromatic carbocycles. The zero-order valence-corrected chi connectivity index (χ0v) is 11.1. The van der Waals surface area contributed by atoms with E-state index in [4.69, 9.17) is 4.74 Å². The summed E-state index contributed by atoms with van der Waals surface area (Å²) in [4.78, 5) is 0. The SMILES string of the molecule is CCCC[C@@H](COC)N[C@H]1CCS(=O)(=O)C1. The van der Waals surface area contributed by atoms with Gasteiger partial charge in [0, 0.05) is 19.2 Å². The van der Waals surface area contributed by atoms with E-state index in [0.29, 0.717) is 24.2 Å². The maximum absolute atomic E-state index is 11.3. The highest BCUT2D eigenvalue weighted by molar-refractivity contribution is 7.91. The topological polar surface area (TPSA) is 55.4 Å². The monoisotopic (exact) mass is 249 g/mol. The summed E-state index contributed by atoms with van der Waals surface area (Å²) in [5.41, 5.74) is 0. The second-order valence-electron chi connectivity index (χ2n) is 4.56. The molecule has 0 unspecified atom stereocenters. The maximum Gasteiger partial charge on any atom is 0.151 e. The average Bonchev–Trinajstić information content (AvgIpc) is 2.55. The van der Waals surface area contributed by atoms with Crippen LogP contribution in [0.5, 0.6) is 0 Å². The first-order valence-electron chi connectivity index (χ1n) is 6.03. The Morgan fingerprint density at radius 2 is 2.25 bits per heavy atom. The van der Waals surface area contributed by atoms with Gasteiger partial charge in [0.25, 0.3) is 0 Å². The van der Waals surface area contributed by atoms with Crippen LogP contribution >= 0.6 is 0 Å². The Balaban J connectivity index is 2.36. The molecule has 0 saturated carbocycles. The lowest BCUT2D eigenvalue weighted by Gasteiger charge is -2.21. The van der Waals surface area contributed by atoms with E-state index in [1.807, 2.05) is 0 Å². The van der Waals surface area contributed by atoms with Crippen molar-refractivity contribution in [1.82, 2.24) is 5.32 Å².